The van der Waals surface area contributed by atoms with E-state index in [1.807, 2.05) is 7.05 Å². The second-order valence-corrected chi connectivity index (χ2v) is 5.40. The first-order valence-corrected chi connectivity index (χ1v) is 6.92. The predicted molar refractivity (Wildman–Crippen MR) is 78.2 cm³/mol. The lowest BCUT2D eigenvalue weighted by Gasteiger charge is -2.23. The third kappa shape index (κ3) is 4.79. The van der Waals surface area contributed by atoms with E-state index in [4.69, 9.17) is 4.74 Å². The Morgan fingerprint density at radius 2 is 1.78 bits per heavy atom. The van der Waals surface area contributed by atoms with Crippen molar-refractivity contribution in [1.82, 2.24) is 5.32 Å². The maximum Gasteiger partial charge on any atom is 0.0590 e. The van der Waals surface area contributed by atoms with Gasteiger partial charge in [0.1, 0.15) is 0 Å². The van der Waals surface area contributed by atoms with Crippen LogP contribution in [0.1, 0.15) is 38.3 Å². The van der Waals surface area contributed by atoms with Crippen molar-refractivity contribution in [2.45, 2.75) is 39.0 Å². The predicted octanol–water partition coefficient (Wildman–Crippen LogP) is 3.15. The molecule has 0 saturated carbocycles. The summed E-state index contributed by atoms with van der Waals surface area (Å²) in [5, 5.41) is 3.07. The molecule has 0 bridgehead atoms. The normalized spacial score (nSPS) is 11.8. The first-order valence-electron chi connectivity index (χ1n) is 6.92. The van der Waals surface area contributed by atoms with Gasteiger partial charge in [0.25, 0.3) is 0 Å². The van der Waals surface area contributed by atoms with Crippen LogP contribution in [0.2, 0.25) is 0 Å². The molecule has 0 aliphatic heterocycles. The molecule has 0 aromatic heterocycles. The highest BCUT2D eigenvalue weighted by Gasteiger charge is 2.17. The Hall–Kier alpha value is -0.860. The van der Waals surface area contributed by atoms with Gasteiger partial charge < -0.3 is 10.1 Å². The van der Waals surface area contributed by atoms with E-state index < -0.39 is 0 Å². The van der Waals surface area contributed by atoms with Crippen molar-refractivity contribution in [3.05, 3.63) is 35.4 Å². The number of hydrogen-bond acceptors (Lipinski definition) is 2. The van der Waals surface area contributed by atoms with E-state index in [-0.39, 0.29) is 5.41 Å². The zero-order valence-corrected chi connectivity index (χ0v) is 12.3. The lowest BCUT2D eigenvalue weighted by molar-refractivity contribution is 0.140. The molecular formula is C16H27NO. The molecule has 102 valence electrons. The van der Waals surface area contributed by atoms with Crippen LogP contribution in [0, 0.1) is 0 Å². The van der Waals surface area contributed by atoms with Crippen LogP contribution in [0.3, 0.4) is 0 Å². The third-order valence-corrected chi connectivity index (χ3v) is 3.65. The average molecular weight is 249 g/mol. The minimum absolute atomic E-state index is 0.280. The summed E-state index contributed by atoms with van der Waals surface area (Å²) in [6.07, 6.45) is 2.16. The lowest BCUT2D eigenvalue weighted by Crippen LogP contribution is -2.16. The molecule has 1 aromatic carbocycles. The monoisotopic (exact) mass is 249 g/mol. The van der Waals surface area contributed by atoms with Crippen molar-refractivity contribution in [3.63, 3.8) is 0 Å². The highest BCUT2D eigenvalue weighted by molar-refractivity contribution is 5.28. The number of likely N-dealkylation sites (N-methyl/N-ethyl adjacent to an activating group) is 1. The van der Waals surface area contributed by atoms with Crippen molar-refractivity contribution in [1.29, 1.82) is 0 Å². The molecule has 2 nitrogen and oxygen atoms in total. The molecule has 1 N–H and O–H groups in total. The first-order chi connectivity index (χ1) is 8.60. The van der Waals surface area contributed by atoms with Gasteiger partial charge in [0.15, 0.2) is 0 Å². The maximum atomic E-state index is 5.53. The Kier molecular flexibility index (Phi) is 6.37. The topological polar surface area (TPSA) is 21.3 Å². The zero-order valence-electron chi connectivity index (χ0n) is 12.3. The van der Waals surface area contributed by atoms with E-state index in [1.165, 1.54) is 17.5 Å². The van der Waals surface area contributed by atoms with Crippen LogP contribution < -0.4 is 5.32 Å². The van der Waals surface area contributed by atoms with Crippen LogP contribution in [0.25, 0.3) is 0 Å². The Balaban J connectivity index is 2.41. The molecule has 1 rings (SSSR count). The Morgan fingerprint density at radius 1 is 1.11 bits per heavy atom. The number of ether oxygens (including phenoxy) is 1. The van der Waals surface area contributed by atoms with Gasteiger partial charge in [-0.25, -0.2) is 0 Å². The molecule has 1 aromatic rings. The van der Waals surface area contributed by atoms with Gasteiger partial charge in [-0.15, -0.1) is 0 Å². The van der Waals surface area contributed by atoms with Gasteiger partial charge in [-0.1, -0.05) is 45.0 Å². The summed E-state index contributed by atoms with van der Waals surface area (Å²) in [5.41, 5.74) is 3.06. The SMILES string of the molecule is CCC(C)(C)c1ccc(CCOCCNC)cc1. The smallest absolute Gasteiger partial charge is 0.0590 e. The van der Waals surface area contributed by atoms with Crippen molar-refractivity contribution >= 4 is 0 Å². The van der Waals surface area contributed by atoms with Crippen LogP contribution >= 0.6 is 0 Å². The van der Waals surface area contributed by atoms with Crippen LogP contribution in [-0.2, 0) is 16.6 Å². The van der Waals surface area contributed by atoms with Gasteiger partial charge >= 0.3 is 0 Å². The Bertz CT molecular complexity index is 329. The molecule has 0 heterocycles. The fraction of sp³-hybridized carbons (Fsp3) is 0.625. The average Bonchev–Trinajstić information content (AvgIpc) is 2.39. The quantitative estimate of drug-likeness (QED) is 0.715. The van der Waals surface area contributed by atoms with Gasteiger partial charge in [0.05, 0.1) is 13.2 Å². The van der Waals surface area contributed by atoms with Crippen molar-refractivity contribution < 1.29 is 4.74 Å². The molecule has 2 heteroatoms. The minimum Gasteiger partial charge on any atom is -0.380 e. The summed E-state index contributed by atoms with van der Waals surface area (Å²) in [6.45, 7) is 9.34. The van der Waals surface area contributed by atoms with Crippen LogP contribution in [0.15, 0.2) is 24.3 Å². The zero-order chi connectivity index (χ0) is 13.4. The molecule has 0 saturated heterocycles. The molecule has 0 aliphatic carbocycles. The van der Waals surface area contributed by atoms with Crippen LogP contribution in [-0.4, -0.2) is 26.8 Å². The van der Waals surface area contributed by atoms with E-state index in [2.05, 4.69) is 50.4 Å². The molecule has 0 amide bonds. The van der Waals surface area contributed by atoms with Crippen molar-refractivity contribution in [2.24, 2.45) is 0 Å². The van der Waals surface area contributed by atoms with Gasteiger partial charge in [-0.05, 0) is 36.4 Å². The molecule has 18 heavy (non-hydrogen) atoms. The highest BCUT2D eigenvalue weighted by atomic mass is 16.5. The minimum atomic E-state index is 0.280. The van der Waals surface area contributed by atoms with E-state index in [0.29, 0.717) is 0 Å². The summed E-state index contributed by atoms with van der Waals surface area (Å²) in [4.78, 5) is 0. The van der Waals surface area contributed by atoms with Gasteiger partial charge in [-0.3, -0.25) is 0 Å². The second-order valence-electron chi connectivity index (χ2n) is 5.40. The number of nitrogens with one attached hydrogen (secondary N) is 1. The largest absolute Gasteiger partial charge is 0.380 e. The van der Waals surface area contributed by atoms with Crippen LogP contribution in [0.5, 0.6) is 0 Å². The Morgan fingerprint density at radius 3 is 2.33 bits per heavy atom. The molecule has 0 spiro atoms. The second kappa shape index (κ2) is 7.55. The fourth-order valence-electron chi connectivity index (χ4n) is 1.79. The summed E-state index contributed by atoms with van der Waals surface area (Å²) in [6, 6.07) is 8.97. The summed E-state index contributed by atoms with van der Waals surface area (Å²) in [5.74, 6) is 0. The highest BCUT2D eigenvalue weighted by Crippen LogP contribution is 2.26. The fourth-order valence-corrected chi connectivity index (χ4v) is 1.79. The van der Waals surface area contributed by atoms with Gasteiger partial charge in [-0.2, -0.15) is 0 Å². The van der Waals surface area contributed by atoms with Crippen molar-refractivity contribution in [2.75, 3.05) is 26.8 Å². The van der Waals surface area contributed by atoms with E-state index in [0.717, 1.165) is 26.2 Å². The van der Waals surface area contributed by atoms with Crippen LogP contribution in [0.4, 0.5) is 0 Å². The summed E-state index contributed by atoms with van der Waals surface area (Å²) >= 11 is 0. The summed E-state index contributed by atoms with van der Waals surface area (Å²) in [7, 11) is 1.94. The van der Waals surface area contributed by atoms with E-state index in [9.17, 15) is 0 Å². The molecule has 0 unspecified atom stereocenters. The van der Waals surface area contributed by atoms with Gasteiger partial charge in [0, 0.05) is 6.54 Å². The number of benzene rings is 1. The van der Waals surface area contributed by atoms with Gasteiger partial charge in [0.2, 0.25) is 0 Å². The molecule has 0 radical (unpaired) electrons. The molecule has 0 atom stereocenters. The first kappa shape index (κ1) is 15.2. The third-order valence-electron chi connectivity index (χ3n) is 3.65. The van der Waals surface area contributed by atoms with Crippen molar-refractivity contribution in [3.8, 4) is 0 Å². The molecule has 0 aliphatic rings. The molecule has 0 fully saturated rings. The van der Waals surface area contributed by atoms with E-state index >= 15 is 0 Å². The summed E-state index contributed by atoms with van der Waals surface area (Å²) < 4.78 is 5.53. The Labute approximate surface area is 112 Å². The lowest BCUT2D eigenvalue weighted by atomic mass is 9.82. The number of hydrogen-bond donors (Lipinski definition) is 1. The maximum absolute atomic E-state index is 5.53. The molecular weight excluding hydrogens is 222 g/mol. The van der Waals surface area contributed by atoms with E-state index in [1.54, 1.807) is 0 Å². The number of rotatable bonds is 8. The standard InChI is InChI=1S/C16H27NO/c1-5-16(2,3)15-8-6-14(7-9-15)10-12-18-13-11-17-4/h6-9,17H,5,10-13H2,1-4H3.